The maximum atomic E-state index is 11.1. The van der Waals surface area contributed by atoms with Gasteiger partial charge >= 0.3 is 0 Å². The fourth-order valence-corrected chi connectivity index (χ4v) is 1.56. The van der Waals surface area contributed by atoms with Crippen molar-refractivity contribution in [3.63, 3.8) is 0 Å². The molecule has 0 spiro atoms. The van der Waals surface area contributed by atoms with Gasteiger partial charge in [-0.05, 0) is 25.0 Å². The van der Waals surface area contributed by atoms with Gasteiger partial charge in [0.25, 0.3) is 0 Å². The van der Waals surface area contributed by atoms with Crippen LogP contribution in [0.1, 0.15) is 19.3 Å². The third-order valence-corrected chi connectivity index (χ3v) is 2.35. The summed E-state index contributed by atoms with van der Waals surface area (Å²) >= 11 is 0. The van der Waals surface area contributed by atoms with Crippen LogP contribution in [-0.4, -0.2) is 5.78 Å². The summed E-state index contributed by atoms with van der Waals surface area (Å²) in [7, 11) is 0. The SMILES string of the molecule is O=C1C=C(NNc2ccccc2)CCC1. The molecule has 15 heavy (non-hydrogen) atoms. The van der Waals surface area contributed by atoms with E-state index in [4.69, 9.17) is 0 Å². The molecular formula is C12H14N2O. The standard InChI is InChI=1S/C12H14N2O/c15-12-8-4-7-11(9-12)14-13-10-5-2-1-3-6-10/h1-3,5-6,9,13-14H,4,7-8H2. The Kier molecular flexibility index (Phi) is 3.02. The van der Waals surface area contributed by atoms with Crippen molar-refractivity contribution in [2.45, 2.75) is 19.3 Å². The van der Waals surface area contributed by atoms with Gasteiger partial charge in [0.2, 0.25) is 0 Å². The second kappa shape index (κ2) is 4.64. The van der Waals surface area contributed by atoms with Crippen molar-refractivity contribution in [2.75, 3.05) is 5.43 Å². The van der Waals surface area contributed by atoms with Gasteiger partial charge in [-0.25, -0.2) is 0 Å². The monoisotopic (exact) mass is 202 g/mol. The smallest absolute Gasteiger partial charge is 0.157 e. The first-order valence-electron chi connectivity index (χ1n) is 5.15. The fraction of sp³-hybridized carbons (Fsp3) is 0.250. The first-order chi connectivity index (χ1) is 7.34. The molecule has 0 atom stereocenters. The molecule has 1 aromatic rings. The number of allylic oxidation sites excluding steroid dienone is 2. The summed E-state index contributed by atoms with van der Waals surface area (Å²) in [5, 5.41) is 0. The molecule has 0 bridgehead atoms. The third kappa shape index (κ3) is 2.84. The number of carbonyl (C=O) groups excluding carboxylic acids is 1. The van der Waals surface area contributed by atoms with Crippen molar-refractivity contribution >= 4 is 11.5 Å². The van der Waals surface area contributed by atoms with Crippen LogP contribution in [0.25, 0.3) is 0 Å². The second-order valence-corrected chi connectivity index (χ2v) is 3.61. The van der Waals surface area contributed by atoms with E-state index in [9.17, 15) is 4.79 Å². The highest BCUT2D eigenvalue weighted by Crippen LogP contribution is 2.13. The number of anilines is 1. The number of carbonyl (C=O) groups is 1. The lowest BCUT2D eigenvalue weighted by Crippen LogP contribution is -2.23. The average molecular weight is 202 g/mol. The van der Waals surface area contributed by atoms with E-state index in [1.54, 1.807) is 6.08 Å². The van der Waals surface area contributed by atoms with Crippen LogP contribution >= 0.6 is 0 Å². The predicted molar refractivity (Wildman–Crippen MR) is 60.1 cm³/mol. The summed E-state index contributed by atoms with van der Waals surface area (Å²) < 4.78 is 0. The Balaban J connectivity index is 1.91. The van der Waals surface area contributed by atoms with Crippen LogP contribution in [0.15, 0.2) is 42.1 Å². The second-order valence-electron chi connectivity index (χ2n) is 3.61. The fourth-order valence-electron chi connectivity index (χ4n) is 1.56. The van der Waals surface area contributed by atoms with Crippen LogP contribution in [0.5, 0.6) is 0 Å². The van der Waals surface area contributed by atoms with Gasteiger partial charge in [-0.15, -0.1) is 0 Å². The zero-order valence-electron chi connectivity index (χ0n) is 8.49. The molecule has 0 radical (unpaired) electrons. The zero-order valence-corrected chi connectivity index (χ0v) is 8.49. The molecule has 1 aliphatic carbocycles. The number of hydrogen-bond acceptors (Lipinski definition) is 3. The topological polar surface area (TPSA) is 41.1 Å². The Labute approximate surface area is 89.2 Å². The normalized spacial score (nSPS) is 15.7. The summed E-state index contributed by atoms with van der Waals surface area (Å²) in [6.45, 7) is 0. The Hall–Kier alpha value is -1.77. The lowest BCUT2D eigenvalue weighted by atomic mass is 10.0. The van der Waals surface area contributed by atoms with E-state index < -0.39 is 0 Å². The molecule has 1 aliphatic rings. The highest BCUT2D eigenvalue weighted by Gasteiger charge is 2.08. The minimum absolute atomic E-state index is 0.207. The van der Waals surface area contributed by atoms with Crippen molar-refractivity contribution in [3.8, 4) is 0 Å². The first-order valence-corrected chi connectivity index (χ1v) is 5.15. The molecule has 0 saturated carbocycles. The van der Waals surface area contributed by atoms with Crippen molar-refractivity contribution in [1.29, 1.82) is 0 Å². The maximum absolute atomic E-state index is 11.1. The van der Waals surface area contributed by atoms with Crippen molar-refractivity contribution in [3.05, 3.63) is 42.1 Å². The minimum atomic E-state index is 0.207. The van der Waals surface area contributed by atoms with E-state index in [1.807, 2.05) is 30.3 Å². The molecule has 0 aromatic heterocycles. The molecule has 0 unspecified atom stereocenters. The first kappa shape index (κ1) is 9.77. The number of hydrogen-bond donors (Lipinski definition) is 2. The van der Waals surface area contributed by atoms with Crippen LogP contribution in [0, 0.1) is 0 Å². The van der Waals surface area contributed by atoms with E-state index >= 15 is 0 Å². The summed E-state index contributed by atoms with van der Waals surface area (Å²) in [5.41, 5.74) is 8.09. The molecule has 0 aliphatic heterocycles. The predicted octanol–water partition coefficient (Wildman–Crippen LogP) is 2.24. The van der Waals surface area contributed by atoms with E-state index in [0.717, 1.165) is 24.2 Å². The minimum Gasteiger partial charge on any atom is -0.305 e. The molecule has 0 fully saturated rings. The largest absolute Gasteiger partial charge is 0.305 e. The number of ketones is 1. The number of rotatable bonds is 3. The van der Waals surface area contributed by atoms with E-state index in [0.29, 0.717) is 6.42 Å². The van der Waals surface area contributed by atoms with Gasteiger partial charge in [0, 0.05) is 18.2 Å². The molecule has 1 aromatic carbocycles. The van der Waals surface area contributed by atoms with Gasteiger partial charge in [0.05, 0.1) is 5.69 Å². The molecular weight excluding hydrogens is 188 g/mol. The van der Waals surface area contributed by atoms with Crippen molar-refractivity contribution < 1.29 is 4.79 Å². The third-order valence-electron chi connectivity index (χ3n) is 2.35. The van der Waals surface area contributed by atoms with E-state index in [2.05, 4.69) is 10.9 Å². The van der Waals surface area contributed by atoms with Crippen LogP contribution < -0.4 is 10.9 Å². The lowest BCUT2D eigenvalue weighted by Gasteiger charge is -2.15. The van der Waals surface area contributed by atoms with Gasteiger partial charge < -0.3 is 10.9 Å². The number of benzene rings is 1. The van der Waals surface area contributed by atoms with Crippen molar-refractivity contribution in [2.24, 2.45) is 0 Å². The molecule has 0 amide bonds. The molecule has 2 N–H and O–H groups in total. The van der Waals surface area contributed by atoms with Gasteiger partial charge in [0.15, 0.2) is 5.78 Å². The van der Waals surface area contributed by atoms with Gasteiger partial charge in [-0.1, -0.05) is 18.2 Å². The van der Waals surface area contributed by atoms with E-state index in [1.165, 1.54) is 0 Å². The Morgan fingerprint density at radius 2 is 1.80 bits per heavy atom. The average Bonchev–Trinajstić information content (AvgIpc) is 2.28. The van der Waals surface area contributed by atoms with Gasteiger partial charge in [0.1, 0.15) is 0 Å². The lowest BCUT2D eigenvalue weighted by molar-refractivity contribution is -0.115. The zero-order chi connectivity index (χ0) is 10.5. The molecule has 2 rings (SSSR count). The van der Waals surface area contributed by atoms with Crippen LogP contribution in [0.2, 0.25) is 0 Å². The summed E-state index contributed by atoms with van der Waals surface area (Å²) in [6, 6.07) is 9.83. The van der Waals surface area contributed by atoms with Crippen LogP contribution in [0.4, 0.5) is 5.69 Å². The summed E-state index contributed by atoms with van der Waals surface area (Å²) in [5.74, 6) is 0.207. The highest BCUT2D eigenvalue weighted by molar-refractivity contribution is 5.91. The Morgan fingerprint density at radius 1 is 1.00 bits per heavy atom. The van der Waals surface area contributed by atoms with Gasteiger partial charge in [-0.3, -0.25) is 4.79 Å². The quantitative estimate of drug-likeness (QED) is 0.738. The number of hydrazine groups is 1. The molecule has 78 valence electrons. The maximum Gasteiger partial charge on any atom is 0.157 e. The summed E-state index contributed by atoms with van der Waals surface area (Å²) in [6.07, 6.45) is 4.23. The number of nitrogens with one attached hydrogen (secondary N) is 2. The molecule has 3 heteroatoms. The molecule has 3 nitrogen and oxygen atoms in total. The van der Waals surface area contributed by atoms with Crippen molar-refractivity contribution in [1.82, 2.24) is 5.43 Å². The molecule has 0 heterocycles. The Bertz CT molecular complexity index is 370. The van der Waals surface area contributed by atoms with Crippen LogP contribution in [0.3, 0.4) is 0 Å². The highest BCUT2D eigenvalue weighted by atomic mass is 16.1. The summed E-state index contributed by atoms with van der Waals surface area (Å²) in [4.78, 5) is 11.1. The van der Waals surface area contributed by atoms with Gasteiger partial charge in [-0.2, -0.15) is 0 Å². The molecule has 0 saturated heterocycles. The van der Waals surface area contributed by atoms with E-state index in [-0.39, 0.29) is 5.78 Å². The Morgan fingerprint density at radius 3 is 2.53 bits per heavy atom. The van der Waals surface area contributed by atoms with Crippen LogP contribution in [-0.2, 0) is 4.79 Å². The number of para-hydroxylation sites is 1.